The predicted octanol–water partition coefficient (Wildman–Crippen LogP) is 7.36. The summed E-state index contributed by atoms with van der Waals surface area (Å²) in [5.74, 6) is 1.10. The molecule has 0 spiro atoms. The van der Waals surface area contributed by atoms with Gasteiger partial charge in [0.25, 0.3) is 0 Å². The lowest BCUT2D eigenvalue weighted by Crippen LogP contribution is -2.56. The van der Waals surface area contributed by atoms with Crippen molar-refractivity contribution in [2.75, 3.05) is 19.9 Å². The van der Waals surface area contributed by atoms with Crippen LogP contribution in [0.1, 0.15) is 98.1 Å². The Balaban J connectivity index is 1.24. The van der Waals surface area contributed by atoms with Crippen LogP contribution in [0.2, 0.25) is 0 Å². The van der Waals surface area contributed by atoms with E-state index in [1.165, 1.54) is 0 Å². The number of ketones is 2. The molecule has 0 saturated carbocycles. The van der Waals surface area contributed by atoms with Gasteiger partial charge in [0, 0.05) is 40.0 Å². The fourth-order valence-corrected chi connectivity index (χ4v) is 6.46. The van der Waals surface area contributed by atoms with E-state index >= 15 is 0 Å². The Hall–Kier alpha value is -4.34. The van der Waals surface area contributed by atoms with Gasteiger partial charge in [-0.05, 0) is 87.1 Å². The standard InChI is InChI=1S/C43H54N2O6/c1-5-42(6-2,27-36(46)29-50-38-23-19-34(20-24-38)40(48)32-15-11-9-12-16-32)44-31-45-43(7-3,8-4)28-37(47)30-51-39-25-21-35(22-26-39)41(49)33-17-13-10-14-18-33/h9-26,36-37,44-47H,5-8,27-31H2,1-4H3. The van der Waals surface area contributed by atoms with E-state index in [9.17, 15) is 19.8 Å². The molecule has 8 nitrogen and oxygen atoms in total. The molecule has 0 bridgehead atoms. The average Bonchev–Trinajstić information content (AvgIpc) is 3.19. The molecule has 0 amide bonds. The van der Waals surface area contributed by atoms with E-state index in [0.717, 1.165) is 25.7 Å². The Morgan fingerprint density at radius 3 is 1.16 bits per heavy atom. The van der Waals surface area contributed by atoms with Crippen molar-refractivity contribution in [2.24, 2.45) is 0 Å². The Labute approximate surface area is 303 Å². The quantitative estimate of drug-likeness (QED) is 0.0498. The van der Waals surface area contributed by atoms with Crippen molar-refractivity contribution >= 4 is 11.6 Å². The first-order valence-corrected chi connectivity index (χ1v) is 18.2. The third kappa shape index (κ3) is 11.3. The number of hydrogen-bond donors (Lipinski definition) is 4. The molecule has 4 aromatic carbocycles. The Morgan fingerprint density at radius 2 is 0.843 bits per heavy atom. The van der Waals surface area contributed by atoms with E-state index in [2.05, 4.69) is 38.3 Å². The van der Waals surface area contributed by atoms with Crippen LogP contribution in [-0.4, -0.2) is 64.9 Å². The van der Waals surface area contributed by atoms with Crippen LogP contribution >= 0.6 is 0 Å². The van der Waals surface area contributed by atoms with Gasteiger partial charge in [-0.2, -0.15) is 0 Å². The smallest absolute Gasteiger partial charge is 0.193 e. The van der Waals surface area contributed by atoms with Crippen molar-refractivity contribution in [1.82, 2.24) is 10.6 Å². The van der Waals surface area contributed by atoms with E-state index in [4.69, 9.17) is 9.47 Å². The maximum absolute atomic E-state index is 12.7. The zero-order chi connectivity index (χ0) is 36.7. The van der Waals surface area contributed by atoms with Crippen LogP contribution in [0.15, 0.2) is 109 Å². The number of aliphatic hydroxyl groups excluding tert-OH is 2. The topological polar surface area (TPSA) is 117 Å². The maximum Gasteiger partial charge on any atom is 0.193 e. The molecule has 272 valence electrons. The van der Waals surface area contributed by atoms with E-state index in [1.54, 1.807) is 72.8 Å². The minimum atomic E-state index is -0.699. The van der Waals surface area contributed by atoms with Gasteiger partial charge >= 0.3 is 0 Å². The largest absolute Gasteiger partial charge is 0.491 e. The molecule has 0 aliphatic rings. The number of hydrogen-bond acceptors (Lipinski definition) is 8. The summed E-state index contributed by atoms with van der Waals surface area (Å²) in [6.07, 6.45) is 2.87. The summed E-state index contributed by atoms with van der Waals surface area (Å²) in [5, 5.41) is 29.4. The van der Waals surface area contributed by atoms with E-state index in [-0.39, 0.29) is 35.9 Å². The highest BCUT2D eigenvalue weighted by Gasteiger charge is 2.32. The third-order valence-corrected chi connectivity index (χ3v) is 10.1. The summed E-state index contributed by atoms with van der Waals surface area (Å²) >= 11 is 0. The zero-order valence-electron chi connectivity index (χ0n) is 30.4. The number of carbonyl (C=O) groups is 2. The summed E-state index contributed by atoms with van der Waals surface area (Å²) in [6.45, 7) is 9.24. The highest BCUT2D eigenvalue weighted by Crippen LogP contribution is 2.26. The molecule has 0 radical (unpaired) electrons. The summed E-state index contributed by atoms with van der Waals surface area (Å²) in [4.78, 5) is 25.4. The first-order valence-electron chi connectivity index (χ1n) is 18.2. The second-order valence-electron chi connectivity index (χ2n) is 13.3. The monoisotopic (exact) mass is 694 g/mol. The molecule has 0 saturated heterocycles. The maximum atomic E-state index is 12.7. The van der Waals surface area contributed by atoms with Crippen molar-refractivity contribution in [3.63, 3.8) is 0 Å². The molecule has 51 heavy (non-hydrogen) atoms. The van der Waals surface area contributed by atoms with Crippen LogP contribution in [-0.2, 0) is 0 Å². The highest BCUT2D eigenvalue weighted by atomic mass is 16.5. The molecular weight excluding hydrogens is 640 g/mol. The van der Waals surface area contributed by atoms with Gasteiger partial charge in [0.05, 0.1) is 12.2 Å². The zero-order valence-corrected chi connectivity index (χ0v) is 30.4. The van der Waals surface area contributed by atoms with Gasteiger partial charge < -0.3 is 19.7 Å². The number of rotatable bonds is 22. The van der Waals surface area contributed by atoms with E-state index in [1.807, 2.05) is 36.4 Å². The van der Waals surface area contributed by atoms with Crippen molar-refractivity contribution in [3.05, 3.63) is 131 Å². The number of benzene rings is 4. The first kappa shape index (κ1) is 39.4. The van der Waals surface area contributed by atoms with Crippen molar-refractivity contribution in [1.29, 1.82) is 0 Å². The fraction of sp³-hybridized carbons (Fsp3) is 0.395. The van der Waals surface area contributed by atoms with Gasteiger partial charge in [0.15, 0.2) is 11.6 Å². The van der Waals surface area contributed by atoms with Gasteiger partial charge in [-0.3, -0.25) is 20.2 Å². The Bertz CT molecular complexity index is 1500. The summed E-state index contributed by atoms with van der Waals surface area (Å²) < 4.78 is 11.8. The average molecular weight is 695 g/mol. The van der Waals surface area contributed by atoms with Crippen LogP contribution in [0.25, 0.3) is 0 Å². The fourth-order valence-electron chi connectivity index (χ4n) is 6.46. The number of nitrogens with one attached hydrogen (secondary N) is 2. The number of aliphatic hydroxyl groups is 2. The molecule has 4 aromatic rings. The molecule has 4 N–H and O–H groups in total. The third-order valence-electron chi connectivity index (χ3n) is 10.1. The second-order valence-corrected chi connectivity index (χ2v) is 13.3. The van der Waals surface area contributed by atoms with Gasteiger partial charge in [0.2, 0.25) is 0 Å². The molecular formula is C43H54N2O6. The van der Waals surface area contributed by atoms with Gasteiger partial charge in [-0.15, -0.1) is 0 Å². The highest BCUT2D eigenvalue weighted by molar-refractivity contribution is 6.09. The van der Waals surface area contributed by atoms with E-state index < -0.39 is 12.2 Å². The minimum Gasteiger partial charge on any atom is -0.491 e. The molecule has 0 fully saturated rings. The van der Waals surface area contributed by atoms with Crippen molar-refractivity contribution in [2.45, 2.75) is 89.5 Å². The summed E-state index contributed by atoms with van der Waals surface area (Å²) in [7, 11) is 0. The van der Waals surface area contributed by atoms with Crippen LogP contribution in [0.5, 0.6) is 11.5 Å². The normalized spacial score (nSPS) is 13.0. The summed E-state index contributed by atoms with van der Waals surface area (Å²) in [5.41, 5.74) is 1.81. The molecule has 2 unspecified atom stereocenters. The lowest BCUT2D eigenvalue weighted by Gasteiger charge is -2.39. The Kier molecular flexibility index (Phi) is 14.9. The molecule has 4 rings (SSSR count). The lowest BCUT2D eigenvalue weighted by molar-refractivity contribution is 0.0561. The molecule has 8 heteroatoms. The van der Waals surface area contributed by atoms with E-state index in [0.29, 0.717) is 53.3 Å². The van der Waals surface area contributed by atoms with Gasteiger partial charge in [0.1, 0.15) is 24.7 Å². The Morgan fingerprint density at radius 1 is 0.529 bits per heavy atom. The number of carbonyl (C=O) groups excluding carboxylic acids is 2. The van der Waals surface area contributed by atoms with Crippen LogP contribution < -0.4 is 20.1 Å². The second kappa shape index (κ2) is 19.3. The first-order chi connectivity index (χ1) is 24.6. The van der Waals surface area contributed by atoms with Crippen LogP contribution in [0.3, 0.4) is 0 Å². The van der Waals surface area contributed by atoms with Gasteiger partial charge in [-0.25, -0.2) is 0 Å². The predicted molar refractivity (Wildman–Crippen MR) is 203 cm³/mol. The molecule has 0 aliphatic heterocycles. The van der Waals surface area contributed by atoms with Crippen molar-refractivity contribution < 1.29 is 29.3 Å². The van der Waals surface area contributed by atoms with Crippen LogP contribution in [0.4, 0.5) is 0 Å². The molecule has 0 heterocycles. The minimum absolute atomic E-state index is 0.0456. The van der Waals surface area contributed by atoms with Crippen molar-refractivity contribution in [3.8, 4) is 11.5 Å². The lowest BCUT2D eigenvalue weighted by atomic mass is 9.85. The summed E-state index contributed by atoms with van der Waals surface area (Å²) in [6, 6.07) is 32.4. The molecule has 2 atom stereocenters. The number of ether oxygens (including phenoxy) is 2. The SMILES string of the molecule is CCC(CC)(CC(O)COc1ccc(C(=O)c2ccccc2)cc1)NCNC(CC)(CC)CC(O)COc1ccc(C(=O)c2ccccc2)cc1. The molecule has 0 aliphatic carbocycles. The van der Waals surface area contributed by atoms with Gasteiger partial charge in [-0.1, -0.05) is 88.4 Å². The van der Waals surface area contributed by atoms with Crippen LogP contribution in [0, 0.1) is 0 Å². The molecule has 0 aromatic heterocycles.